The van der Waals surface area contributed by atoms with Crippen LogP contribution >= 0.6 is 0 Å². The third-order valence-corrected chi connectivity index (χ3v) is 7.13. The molecule has 0 aromatic rings. The fourth-order valence-corrected chi connectivity index (χ4v) is 5.41. The van der Waals surface area contributed by atoms with Crippen LogP contribution in [0.5, 0.6) is 0 Å². The lowest BCUT2D eigenvalue weighted by molar-refractivity contribution is -0.142. The molecule has 0 amide bonds. The Hall–Kier alpha value is -0.830. The Kier molecular flexibility index (Phi) is 4.37. The van der Waals surface area contributed by atoms with Gasteiger partial charge in [0.05, 0.1) is 17.6 Å². The highest BCUT2D eigenvalue weighted by atomic mass is 16.6. The Morgan fingerprint density at radius 3 is 2.57 bits per heavy atom. The summed E-state index contributed by atoms with van der Waals surface area (Å²) in [4.78, 5) is 11.6. The molecule has 1 saturated heterocycles. The second kappa shape index (κ2) is 5.91. The average Bonchev–Trinajstić information content (AvgIpc) is 2.94. The molecule has 6 unspecified atom stereocenters. The minimum absolute atomic E-state index is 0.00225. The third kappa shape index (κ3) is 3.22. The van der Waals surface area contributed by atoms with Crippen LogP contribution in [0.15, 0.2) is 12.2 Å². The number of carboxylic acids is 1. The molecule has 3 fully saturated rings. The van der Waals surface area contributed by atoms with Crippen LogP contribution in [0, 0.1) is 23.2 Å². The summed E-state index contributed by atoms with van der Waals surface area (Å²) < 4.78 is 6.07. The second-order valence-corrected chi connectivity index (χ2v) is 8.88. The van der Waals surface area contributed by atoms with E-state index in [0.29, 0.717) is 17.9 Å². The van der Waals surface area contributed by atoms with Crippen LogP contribution in [-0.4, -0.2) is 22.8 Å². The third-order valence-electron chi connectivity index (χ3n) is 7.13. The van der Waals surface area contributed by atoms with Crippen LogP contribution < -0.4 is 0 Å². The maximum absolute atomic E-state index is 11.6. The molecule has 3 aliphatic rings. The van der Waals surface area contributed by atoms with E-state index >= 15 is 0 Å². The van der Waals surface area contributed by atoms with Gasteiger partial charge in [-0.2, -0.15) is 0 Å². The fraction of sp³-hybridized carbons (Fsp3) is 0.850. The van der Waals surface area contributed by atoms with Crippen molar-refractivity contribution in [1.82, 2.24) is 0 Å². The lowest BCUT2D eigenvalue weighted by Gasteiger charge is -2.35. The predicted molar refractivity (Wildman–Crippen MR) is 91.2 cm³/mol. The van der Waals surface area contributed by atoms with E-state index in [4.69, 9.17) is 4.74 Å². The van der Waals surface area contributed by atoms with E-state index in [9.17, 15) is 9.90 Å². The van der Waals surface area contributed by atoms with E-state index in [0.717, 1.165) is 38.5 Å². The number of ether oxygens (including phenoxy) is 1. The van der Waals surface area contributed by atoms with Gasteiger partial charge in [0, 0.05) is 0 Å². The molecule has 0 bridgehead atoms. The topological polar surface area (TPSA) is 49.8 Å². The Bertz CT molecular complexity index is 499. The summed E-state index contributed by atoms with van der Waals surface area (Å²) >= 11 is 0. The monoisotopic (exact) mass is 320 g/mol. The van der Waals surface area contributed by atoms with E-state index in [1.807, 2.05) is 0 Å². The minimum atomic E-state index is -0.616. The van der Waals surface area contributed by atoms with Crippen molar-refractivity contribution in [2.24, 2.45) is 23.2 Å². The van der Waals surface area contributed by atoms with Gasteiger partial charge in [-0.25, -0.2) is 0 Å². The molecular formula is C20H32O3. The lowest BCUT2D eigenvalue weighted by Crippen LogP contribution is -2.29. The molecule has 3 nitrogen and oxygen atoms in total. The van der Waals surface area contributed by atoms with Gasteiger partial charge in [0.2, 0.25) is 0 Å². The van der Waals surface area contributed by atoms with Crippen LogP contribution in [-0.2, 0) is 9.53 Å². The zero-order valence-corrected chi connectivity index (χ0v) is 14.9. The molecule has 1 aliphatic heterocycles. The molecule has 1 N–H and O–H groups in total. The molecular weight excluding hydrogens is 288 g/mol. The van der Waals surface area contributed by atoms with Crippen molar-refractivity contribution in [1.29, 1.82) is 0 Å². The van der Waals surface area contributed by atoms with E-state index in [1.54, 1.807) is 0 Å². The highest BCUT2D eigenvalue weighted by Gasteiger charge is 2.57. The Morgan fingerprint density at radius 2 is 1.91 bits per heavy atom. The summed E-state index contributed by atoms with van der Waals surface area (Å²) in [7, 11) is 0. The van der Waals surface area contributed by atoms with Crippen molar-refractivity contribution in [3.8, 4) is 0 Å². The molecule has 0 aromatic carbocycles. The molecule has 1 heterocycles. The van der Waals surface area contributed by atoms with Crippen LogP contribution in [0.2, 0.25) is 0 Å². The predicted octanol–water partition coefficient (Wildman–Crippen LogP) is 4.81. The van der Waals surface area contributed by atoms with Gasteiger partial charge in [-0.15, -0.1) is 0 Å². The van der Waals surface area contributed by atoms with E-state index in [2.05, 4.69) is 27.4 Å². The standard InChI is InChI=1S/C20H32O3/c1-13(2)15-9-11-19(3)12-17-20(4,23-17)10-5-6-14(18(21)22)7-8-16(15)19/h14-17H,1,5-12H2,2-4H3,(H,21,22). The number of allylic oxidation sites excluding steroid dienone is 1. The average molecular weight is 320 g/mol. The molecule has 6 atom stereocenters. The van der Waals surface area contributed by atoms with E-state index < -0.39 is 5.97 Å². The van der Waals surface area contributed by atoms with Gasteiger partial charge >= 0.3 is 5.97 Å². The van der Waals surface area contributed by atoms with Gasteiger partial charge in [0.25, 0.3) is 0 Å². The summed E-state index contributed by atoms with van der Waals surface area (Å²) in [6, 6.07) is 0. The van der Waals surface area contributed by atoms with Crippen molar-refractivity contribution >= 4 is 5.97 Å². The minimum Gasteiger partial charge on any atom is -0.481 e. The van der Waals surface area contributed by atoms with Crippen LogP contribution in [0.4, 0.5) is 0 Å². The summed E-state index contributed by atoms with van der Waals surface area (Å²) in [5.41, 5.74) is 1.56. The molecule has 0 aromatic heterocycles. The van der Waals surface area contributed by atoms with Crippen molar-refractivity contribution in [2.45, 2.75) is 83.8 Å². The zero-order chi connectivity index (χ0) is 16.8. The zero-order valence-electron chi connectivity index (χ0n) is 14.9. The van der Waals surface area contributed by atoms with Crippen LogP contribution in [0.25, 0.3) is 0 Å². The van der Waals surface area contributed by atoms with Crippen molar-refractivity contribution in [3.05, 3.63) is 12.2 Å². The second-order valence-electron chi connectivity index (χ2n) is 8.88. The number of hydrogen-bond acceptors (Lipinski definition) is 2. The number of rotatable bonds is 2. The molecule has 2 aliphatic carbocycles. The van der Waals surface area contributed by atoms with E-state index in [-0.39, 0.29) is 16.9 Å². The van der Waals surface area contributed by atoms with Crippen LogP contribution in [0.3, 0.4) is 0 Å². The normalized spacial score (nSPS) is 47.1. The summed E-state index contributed by atoms with van der Waals surface area (Å²) in [5, 5.41) is 9.56. The number of epoxide rings is 1. The first-order chi connectivity index (χ1) is 10.8. The smallest absolute Gasteiger partial charge is 0.306 e. The first-order valence-electron chi connectivity index (χ1n) is 9.31. The number of fused-ring (bicyclic) bond motifs is 2. The first-order valence-corrected chi connectivity index (χ1v) is 9.31. The number of carboxylic acid groups (broad SMARTS) is 1. The van der Waals surface area contributed by atoms with Crippen LogP contribution in [0.1, 0.15) is 72.1 Å². The number of carbonyl (C=O) groups is 1. The summed E-state index contributed by atoms with van der Waals surface area (Å²) in [6.45, 7) is 11.0. The molecule has 0 spiro atoms. The van der Waals surface area contributed by atoms with Gasteiger partial charge < -0.3 is 9.84 Å². The van der Waals surface area contributed by atoms with Gasteiger partial charge in [0.15, 0.2) is 0 Å². The maximum Gasteiger partial charge on any atom is 0.306 e. The maximum atomic E-state index is 11.6. The van der Waals surface area contributed by atoms with Gasteiger partial charge in [-0.05, 0) is 82.5 Å². The summed E-state index contributed by atoms with van der Waals surface area (Å²) in [5.74, 6) is 0.312. The lowest BCUT2D eigenvalue weighted by atomic mass is 9.69. The van der Waals surface area contributed by atoms with E-state index in [1.165, 1.54) is 18.4 Å². The molecule has 23 heavy (non-hydrogen) atoms. The quantitative estimate of drug-likeness (QED) is 0.587. The molecule has 0 radical (unpaired) electrons. The Balaban J connectivity index is 1.84. The van der Waals surface area contributed by atoms with Crippen molar-refractivity contribution < 1.29 is 14.6 Å². The molecule has 2 saturated carbocycles. The number of hydrogen-bond donors (Lipinski definition) is 1. The van der Waals surface area contributed by atoms with Gasteiger partial charge in [-0.3, -0.25) is 4.79 Å². The van der Waals surface area contributed by atoms with Gasteiger partial charge in [-0.1, -0.05) is 19.1 Å². The highest BCUT2D eigenvalue weighted by molar-refractivity contribution is 5.69. The van der Waals surface area contributed by atoms with Gasteiger partial charge in [0.1, 0.15) is 0 Å². The highest BCUT2D eigenvalue weighted by Crippen LogP contribution is 2.58. The first kappa shape index (κ1) is 17.0. The molecule has 130 valence electrons. The Morgan fingerprint density at radius 1 is 1.17 bits per heavy atom. The fourth-order valence-electron chi connectivity index (χ4n) is 5.41. The largest absolute Gasteiger partial charge is 0.481 e. The summed E-state index contributed by atoms with van der Waals surface area (Å²) in [6.07, 6.45) is 8.55. The van der Waals surface area contributed by atoms with Crippen molar-refractivity contribution in [2.75, 3.05) is 0 Å². The number of aliphatic carboxylic acids is 1. The Labute approximate surface area is 140 Å². The molecule has 3 rings (SSSR count). The molecule has 3 heteroatoms. The SMILES string of the molecule is C=C(C)C1CCC2(C)CC3OC3(C)CCCC(C(=O)O)CCC12. The van der Waals surface area contributed by atoms with Crippen molar-refractivity contribution in [3.63, 3.8) is 0 Å².